The summed E-state index contributed by atoms with van der Waals surface area (Å²) in [6.45, 7) is 5.45. The third kappa shape index (κ3) is 3.72. The lowest BCUT2D eigenvalue weighted by atomic mass is 9.97. The lowest BCUT2D eigenvalue weighted by Crippen LogP contribution is -2.12. The Hall–Kier alpha value is -0.670. The molecule has 0 saturated heterocycles. The molecular formula is C13H20O2S. The summed E-state index contributed by atoms with van der Waals surface area (Å²) in [6.07, 6.45) is 1.000. The largest absolute Gasteiger partial charge is 0.491 e. The SMILES string of the molecule is CCC(C)(S)c1ccc(OCCOC)cc1. The van der Waals surface area contributed by atoms with Gasteiger partial charge in [0.15, 0.2) is 0 Å². The molecule has 0 amide bonds. The highest BCUT2D eigenvalue weighted by Gasteiger charge is 2.18. The third-order valence-electron chi connectivity index (χ3n) is 2.72. The Morgan fingerprint density at radius 1 is 1.19 bits per heavy atom. The molecule has 0 spiro atoms. The first kappa shape index (κ1) is 13.4. The van der Waals surface area contributed by atoms with Gasteiger partial charge in [-0.1, -0.05) is 19.1 Å². The van der Waals surface area contributed by atoms with Crippen molar-refractivity contribution in [2.24, 2.45) is 0 Å². The smallest absolute Gasteiger partial charge is 0.119 e. The third-order valence-corrected chi connectivity index (χ3v) is 3.30. The summed E-state index contributed by atoms with van der Waals surface area (Å²) in [5.41, 5.74) is 1.22. The van der Waals surface area contributed by atoms with Gasteiger partial charge >= 0.3 is 0 Å². The van der Waals surface area contributed by atoms with Gasteiger partial charge in [-0.05, 0) is 31.0 Å². The zero-order chi connectivity index (χ0) is 12.0. The van der Waals surface area contributed by atoms with Crippen molar-refractivity contribution in [3.8, 4) is 5.75 Å². The molecule has 0 aliphatic carbocycles. The maximum Gasteiger partial charge on any atom is 0.119 e. The van der Waals surface area contributed by atoms with Crippen molar-refractivity contribution in [1.82, 2.24) is 0 Å². The molecule has 3 heteroatoms. The lowest BCUT2D eigenvalue weighted by Gasteiger charge is -2.22. The zero-order valence-corrected chi connectivity index (χ0v) is 11.1. The van der Waals surface area contributed by atoms with E-state index < -0.39 is 0 Å². The average Bonchev–Trinajstić information content (AvgIpc) is 2.30. The minimum atomic E-state index is -0.0644. The predicted molar refractivity (Wildman–Crippen MR) is 70.4 cm³/mol. The van der Waals surface area contributed by atoms with E-state index in [1.807, 2.05) is 12.1 Å². The molecule has 2 nitrogen and oxygen atoms in total. The maximum atomic E-state index is 5.50. The number of hydrogen-bond donors (Lipinski definition) is 1. The molecule has 1 aromatic rings. The van der Waals surface area contributed by atoms with Crippen LogP contribution >= 0.6 is 12.6 Å². The molecule has 0 aliphatic heterocycles. The Labute approximate surface area is 103 Å². The van der Waals surface area contributed by atoms with Gasteiger partial charge in [0.2, 0.25) is 0 Å². The van der Waals surface area contributed by atoms with Gasteiger partial charge in [-0.25, -0.2) is 0 Å². The topological polar surface area (TPSA) is 18.5 Å². The molecule has 0 N–H and O–H groups in total. The summed E-state index contributed by atoms with van der Waals surface area (Å²) in [4.78, 5) is 0. The molecule has 0 aromatic heterocycles. The highest BCUT2D eigenvalue weighted by atomic mass is 32.1. The van der Waals surface area contributed by atoms with Crippen LogP contribution in [0.15, 0.2) is 24.3 Å². The van der Waals surface area contributed by atoms with Gasteiger partial charge in [0.1, 0.15) is 12.4 Å². The Balaban J connectivity index is 2.61. The van der Waals surface area contributed by atoms with Crippen molar-refractivity contribution in [1.29, 1.82) is 0 Å². The molecular weight excluding hydrogens is 220 g/mol. The average molecular weight is 240 g/mol. The number of hydrogen-bond acceptors (Lipinski definition) is 3. The second-order valence-electron chi connectivity index (χ2n) is 3.99. The molecule has 0 saturated carbocycles. The fourth-order valence-electron chi connectivity index (χ4n) is 1.36. The first-order chi connectivity index (χ1) is 7.60. The minimum absolute atomic E-state index is 0.0644. The van der Waals surface area contributed by atoms with Crippen molar-refractivity contribution in [2.45, 2.75) is 25.0 Å². The van der Waals surface area contributed by atoms with Gasteiger partial charge in [0, 0.05) is 11.9 Å². The van der Waals surface area contributed by atoms with Crippen molar-refractivity contribution in [2.75, 3.05) is 20.3 Å². The second-order valence-corrected chi connectivity index (χ2v) is 4.98. The first-order valence-corrected chi connectivity index (χ1v) is 5.99. The van der Waals surface area contributed by atoms with Gasteiger partial charge in [-0.15, -0.1) is 0 Å². The fourth-order valence-corrected chi connectivity index (χ4v) is 1.51. The molecule has 1 aromatic carbocycles. The van der Waals surface area contributed by atoms with Crippen molar-refractivity contribution in [3.63, 3.8) is 0 Å². The van der Waals surface area contributed by atoms with E-state index in [2.05, 4.69) is 38.6 Å². The molecule has 16 heavy (non-hydrogen) atoms. The van der Waals surface area contributed by atoms with E-state index in [9.17, 15) is 0 Å². The van der Waals surface area contributed by atoms with Crippen LogP contribution < -0.4 is 4.74 Å². The normalized spacial score (nSPS) is 14.5. The minimum Gasteiger partial charge on any atom is -0.491 e. The van der Waals surface area contributed by atoms with E-state index in [0.717, 1.165) is 12.2 Å². The molecule has 0 fully saturated rings. The molecule has 0 radical (unpaired) electrons. The zero-order valence-electron chi connectivity index (χ0n) is 10.2. The maximum absolute atomic E-state index is 5.50. The van der Waals surface area contributed by atoms with E-state index in [4.69, 9.17) is 9.47 Å². The Morgan fingerprint density at radius 3 is 2.31 bits per heavy atom. The molecule has 0 heterocycles. The van der Waals surface area contributed by atoms with Gasteiger partial charge in [-0.3, -0.25) is 0 Å². The monoisotopic (exact) mass is 240 g/mol. The number of thiol groups is 1. The number of methoxy groups -OCH3 is 1. The van der Waals surface area contributed by atoms with Gasteiger partial charge < -0.3 is 9.47 Å². The van der Waals surface area contributed by atoms with Gasteiger partial charge in [-0.2, -0.15) is 12.6 Å². The van der Waals surface area contributed by atoms with Crippen LogP contribution in [0, 0.1) is 0 Å². The number of ether oxygens (including phenoxy) is 2. The van der Waals surface area contributed by atoms with E-state index in [0.29, 0.717) is 13.2 Å². The highest BCUT2D eigenvalue weighted by Crippen LogP contribution is 2.32. The molecule has 1 rings (SSSR count). The van der Waals surface area contributed by atoms with Crippen LogP contribution in [0.4, 0.5) is 0 Å². The Morgan fingerprint density at radius 2 is 1.81 bits per heavy atom. The van der Waals surface area contributed by atoms with Crippen LogP contribution in [-0.4, -0.2) is 20.3 Å². The van der Waals surface area contributed by atoms with Gasteiger partial charge in [0.25, 0.3) is 0 Å². The summed E-state index contributed by atoms with van der Waals surface area (Å²) in [5.74, 6) is 0.876. The molecule has 90 valence electrons. The van der Waals surface area contributed by atoms with E-state index in [1.165, 1.54) is 5.56 Å². The van der Waals surface area contributed by atoms with E-state index in [-0.39, 0.29) is 4.75 Å². The van der Waals surface area contributed by atoms with Crippen LogP contribution in [0.25, 0.3) is 0 Å². The fraction of sp³-hybridized carbons (Fsp3) is 0.538. The van der Waals surface area contributed by atoms with Crippen molar-refractivity contribution < 1.29 is 9.47 Å². The van der Waals surface area contributed by atoms with Gasteiger partial charge in [0.05, 0.1) is 6.61 Å². The van der Waals surface area contributed by atoms with Crippen LogP contribution in [-0.2, 0) is 9.48 Å². The van der Waals surface area contributed by atoms with Crippen LogP contribution in [0.2, 0.25) is 0 Å². The number of benzene rings is 1. The molecule has 1 atom stereocenters. The van der Waals surface area contributed by atoms with Crippen LogP contribution in [0.5, 0.6) is 5.75 Å². The standard InChI is InChI=1S/C13H20O2S/c1-4-13(2,16)11-5-7-12(8-6-11)15-10-9-14-3/h5-8,16H,4,9-10H2,1-3H3. The Bertz CT molecular complexity index is 306. The molecule has 0 bridgehead atoms. The molecule has 1 unspecified atom stereocenters. The Kier molecular flexibility index (Phi) is 5.16. The van der Waals surface area contributed by atoms with Crippen LogP contribution in [0.3, 0.4) is 0 Å². The van der Waals surface area contributed by atoms with Crippen LogP contribution in [0.1, 0.15) is 25.8 Å². The molecule has 0 aliphatic rings. The number of rotatable bonds is 6. The summed E-state index contributed by atoms with van der Waals surface area (Å²) in [6, 6.07) is 8.10. The quantitative estimate of drug-likeness (QED) is 0.607. The highest BCUT2D eigenvalue weighted by molar-refractivity contribution is 7.81. The van der Waals surface area contributed by atoms with E-state index >= 15 is 0 Å². The van der Waals surface area contributed by atoms with Crippen molar-refractivity contribution >= 4 is 12.6 Å². The van der Waals surface area contributed by atoms with E-state index in [1.54, 1.807) is 7.11 Å². The lowest BCUT2D eigenvalue weighted by molar-refractivity contribution is 0.146. The summed E-state index contributed by atoms with van der Waals surface area (Å²) in [5, 5.41) is 0. The first-order valence-electron chi connectivity index (χ1n) is 5.55. The predicted octanol–water partition coefficient (Wildman–Crippen LogP) is 3.27. The van der Waals surface area contributed by atoms with Crippen molar-refractivity contribution in [3.05, 3.63) is 29.8 Å². The summed E-state index contributed by atoms with van der Waals surface area (Å²) in [7, 11) is 1.67. The second kappa shape index (κ2) is 6.16. The summed E-state index contributed by atoms with van der Waals surface area (Å²) >= 11 is 4.64. The summed E-state index contributed by atoms with van der Waals surface area (Å²) < 4.78 is 10.4.